The van der Waals surface area contributed by atoms with Gasteiger partial charge in [0.2, 0.25) is 5.95 Å². The molecule has 2 aromatic heterocycles. The fraction of sp³-hybridized carbons (Fsp3) is 0.400. The van der Waals surface area contributed by atoms with Crippen molar-refractivity contribution in [2.24, 2.45) is 0 Å². The predicted molar refractivity (Wildman–Crippen MR) is 81.9 cm³/mol. The number of aromatic nitrogens is 3. The third kappa shape index (κ3) is 3.66. The van der Waals surface area contributed by atoms with E-state index in [1.165, 1.54) is 0 Å². The van der Waals surface area contributed by atoms with Gasteiger partial charge in [-0.2, -0.15) is 4.98 Å². The smallest absolute Gasteiger partial charge is 0.227 e. The molecule has 0 aliphatic carbocycles. The van der Waals surface area contributed by atoms with Crippen LogP contribution in [-0.4, -0.2) is 28.0 Å². The van der Waals surface area contributed by atoms with Gasteiger partial charge in [-0.05, 0) is 32.4 Å². The van der Waals surface area contributed by atoms with Crippen molar-refractivity contribution in [3.63, 3.8) is 0 Å². The van der Waals surface area contributed by atoms with E-state index in [9.17, 15) is 0 Å². The second kappa shape index (κ2) is 6.84. The normalized spacial score (nSPS) is 10.3. The molecule has 0 spiro atoms. The number of nitrogens with zero attached hydrogens (tertiary/aromatic N) is 4. The molecule has 0 radical (unpaired) electrons. The molecule has 5 heteroatoms. The van der Waals surface area contributed by atoms with E-state index in [0.717, 1.165) is 36.1 Å². The molecular formula is C15H21N5. The van der Waals surface area contributed by atoms with Crippen LogP contribution in [0.5, 0.6) is 0 Å². The van der Waals surface area contributed by atoms with E-state index in [2.05, 4.69) is 39.0 Å². The molecule has 0 unspecified atom stereocenters. The number of anilines is 2. The molecule has 1 N–H and O–H groups in total. The fourth-order valence-electron chi connectivity index (χ4n) is 1.99. The van der Waals surface area contributed by atoms with Crippen LogP contribution >= 0.6 is 0 Å². The predicted octanol–water partition coefficient (Wildman–Crippen LogP) is 2.64. The summed E-state index contributed by atoms with van der Waals surface area (Å²) >= 11 is 0. The van der Waals surface area contributed by atoms with Gasteiger partial charge < -0.3 is 10.2 Å². The van der Waals surface area contributed by atoms with Gasteiger partial charge in [-0.3, -0.25) is 4.98 Å². The first-order chi connectivity index (χ1) is 9.72. The third-order valence-electron chi connectivity index (χ3n) is 3.09. The molecular weight excluding hydrogens is 250 g/mol. The monoisotopic (exact) mass is 271 g/mol. The number of rotatable bonds is 6. The van der Waals surface area contributed by atoms with Crippen LogP contribution in [0.3, 0.4) is 0 Å². The van der Waals surface area contributed by atoms with Crippen LogP contribution in [0.25, 0.3) is 0 Å². The molecule has 0 amide bonds. The summed E-state index contributed by atoms with van der Waals surface area (Å²) in [5.41, 5.74) is 2.10. The molecule has 0 bridgehead atoms. The van der Waals surface area contributed by atoms with Crippen LogP contribution in [0.15, 0.2) is 30.6 Å². The van der Waals surface area contributed by atoms with E-state index >= 15 is 0 Å². The Labute approximate surface area is 120 Å². The lowest BCUT2D eigenvalue weighted by molar-refractivity contribution is 0.816. The van der Waals surface area contributed by atoms with Crippen molar-refractivity contribution in [2.75, 3.05) is 23.3 Å². The van der Waals surface area contributed by atoms with Gasteiger partial charge in [-0.25, -0.2) is 4.98 Å². The molecule has 0 aliphatic rings. The largest absolute Gasteiger partial charge is 0.366 e. The highest BCUT2D eigenvalue weighted by molar-refractivity contribution is 5.43. The van der Waals surface area contributed by atoms with Gasteiger partial charge in [0.05, 0.1) is 0 Å². The molecule has 0 aliphatic heterocycles. The maximum absolute atomic E-state index is 4.57. The highest BCUT2D eigenvalue weighted by Crippen LogP contribution is 2.14. The summed E-state index contributed by atoms with van der Waals surface area (Å²) in [5.74, 6) is 1.63. The summed E-state index contributed by atoms with van der Waals surface area (Å²) in [6.07, 6.45) is 3.63. The van der Waals surface area contributed by atoms with Gasteiger partial charge in [-0.15, -0.1) is 0 Å². The summed E-state index contributed by atoms with van der Waals surface area (Å²) in [4.78, 5) is 15.3. The van der Waals surface area contributed by atoms with Crippen molar-refractivity contribution >= 4 is 11.8 Å². The van der Waals surface area contributed by atoms with Crippen molar-refractivity contribution in [3.05, 3.63) is 41.9 Å². The Kier molecular flexibility index (Phi) is 4.87. The molecule has 0 fully saturated rings. The molecule has 2 rings (SSSR count). The summed E-state index contributed by atoms with van der Waals surface area (Å²) in [7, 11) is 0. The SMILES string of the molecule is CCN(CC)c1nc(C)cc(NCc2cccnc2)n1. The second-order valence-electron chi connectivity index (χ2n) is 4.58. The zero-order valence-electron chi connectivity index (χ0n) is 12.3. The quantitative estimate of drug-likeness (QED) is 0.875. The molecule has 0 atom stereocenters. The molecule has 106 valence electrons. The number of nitrogens with one attached hydrogen (secondary N) is 1. The first-order valence-electron chi connectivity index (χ1n) is 6.96. The Morgan fingerprint density at radius 1 is 1.20 bits per heavy atom. The minimum absolute atomic E-state index is 0.710. The first kappa shape index (κ1) is 14.2. The van der Waals surface area contributed by atoms with E-state index in [1.807, 2.05) is 31.3 Å². The molecule has 0 aromatic carbocycles. The van der Waals surface area contributed by atoms with Crippen molar-refractivity contribution in [3.8, 4) is 0 Å². The minimum Gasteiger partial charge on any atom is -0.366 e. The fourth-order valence-corrected chi connectivity index (χ4v) is 1.99. The molecule has 2 aromatic rings. The van der Waals surface area contributed by atoms with Crippen LogP contribution < -0.4 is 10.2 Å². The van der Waals surface area contributed by atoms with E-state index in [-0.39, 0.29) is 0 Å². The van der Waals surface area contributed by atoms with Crippen molar-refractivity contribution in [1.82, 2.24) is 15.0 Å². The molecule has 5 nitrogen and oxygen atoms in total. The van der Waals surface area contributed by atoms with E-state index in [4.69, 9.17) is 0 Å². The van der Waals surface area contributed by atoms with Crippen molar-refractivity contribution < 1.29 is 0 Å². The van der Waals surface area contributed by atoms with Crippen LogP contribution in [-0.2, 0) is 6.54 Å². The van der Waals surface area contributed by atoms with Crippen LogP contribution in [0.4, 0.5) is 11.8 Å². The van der Waals surface area contributed by atoms with Crippen molar-refractivity contribution in [2.45, 2.75) is 27.3 Å². The van der Waals surface area contributed by atoms with E-state index in [1.54, 1.807) is 6.20 Å². The Morgan fingerprint density at radius 2 is 2.00 bits per heavy atom. The highest BCUT2D eigenvalue weighted by atomic mass is 15.3. The summed E-state index contributed by atoms with van der Waals surface area (Å²) in [6, 6.07) is 5.94. The Hall–Kier alpha value is -2.17. The zero-order chi connectivity index (χ0) is 14.4. The highest BCUT2D eigenvalue weighted by Gasteiger charge is 2.07. The minimum atomic E-state index is 0.710. The van der Waals surface area contributed by atoms with Gasteiger partial charge in [0.15, 0.2) is 0 Å². The lowest BCUT2D eigenvalue weighted by atomic mass is 10.3. The average Bonchev–Trinajstić information content (AvgIpc) is 2.47. The Bertz CT molecular complexity index is 537. The number of hydrogen-bond donors (Lipinski definition) is 1. The Morgan fingerprint density at radius 3 is 2.65 bits per heavy atom. The summed E-state index contributed by atoms with van der Waals surface area (Å²) in [6.45, 7) is 8.73. The number of hydrogen-bond acceptors (Lipinski definition) is 5. The lowest BCUT2D eigenvalue weighted by Gasteiger charge is -2.19. The number of aryl methyl sites for hydroxylation is 1. The van der Waals surface area contributed by atoms with Gasteiger partial charge >= 0.3 is 0 Å². The van der Waals surface area contributed by atoms with Crippen LogP contribution in [0, 0.1) is 6.92 Å². The topological polar surface area (TPSA) is 53.9 Å². The molecule has 20 heavy (non-hydrogen) atoms. The molecule has 2 heterocycles. The molecule has 0 saturated heterocycles. The maximum atomic E-state index is 4.57. The second-order valence-corrected chi connectivity index (χ2v) is 4.58. The summed E-state index contributed by atoms with van der Waals surface area (Å²) in [5, 5.41) is 3.33. The maximum Gasteiger partial charge on any atom is 0.227 e. The standard InChI is InChI=1S/C15H21N5/c1-4-20(5-2)15-18-12(3)9-14(19-15)17-11-13-7-6-8-16-10-13/h6-10H,4-5,11H2,1-3H3,(H,17,18,19). The first-order valence-corrected chi connectivity index (χ1v) is 6.96. The zero-order valence-corrected chi connectivity index (χ0v) is 12.3. The van der Waals surface area contributed by atoms with Gasteiger partial charge in [0.25, 0.3) is 0 Å². The summed E-state index contributed by atoms with van der Waals surface area (Å²) < 4.78 is 0. The number of pyridine rings is 1. The van der Waals surface area contributed by atoms with Crippen molar-refractivity contribution in [1.29, 1.82) is 0 Å². The van der Waals surface area contributed by atoms with Crippen LogP contribution in [0.2, 0.25) is 0 Å². The van der Waals surface area contributed by atoms with Crippen LogP contribution in [0.1, 0.15) is 25.1 Å². The molecule has 0 saturated carbocycles. The van der Waals surface area contributed by atoms with Gasteiger partial charge in [0.1, 0.15) is 5.82 Å². The van der Waals surface area contributed by atoms with E-state index < -0.39 is 0 Å². The lowest BCUT2D eigenvalue weighted by Crippen LogP contribution is -2.24. The Balaban J connectivity index is 2.12. The van der Waals surface area contributed by atoms with Gasteiger partial charge in [-0.1, -0.05) is 6.07 Å². The van der Waals surface area contributed by atoms with Gasteiger partial charge in [0, 0.05) is 43.8 Å². The third-order valence-corrected chi connectivity index (χ3v) is 3.09. The average molecular weight is 271 g/mol. The van der Waals surface area contributed by atoms with E-state index in [0.29, 0.717) is 6.54 Å².